The van der Waals surface area contributed by atoms with Crippen LogP contribution in [0, 0.1) is 0 Å². The first-order valence-electron chi connectivity index (χ1n) is 26.3. The second kappa shape index (κ2) is 30.7. The Morgan fingerprint density at radius 3 is 0.518 bits per heavy atom. The molecule has 21 heterocycles. The van der Waals surface area contributed by atoms with Crippen LogP contribution in [0.3, 0.4) is 0 Å². The van der Waals surface area contributed by atoms with Gasteiger partial charge in [-0.15, -0.1) is 0 Å². The number of nitrogens with two attached hydrogens (primary N) is 4. The van der Waals surface area contributed by atoms with Gasteiger partial charge < -0.3 is 188 Å². The first-order valence-corrected chi connectivity index (χ1v) is 26.3. The van der Waals surface area contributed by atoms with Gasteiger partial charge in [0.25, 0.3) is 0 Å². The van der Waals surface area contributed by atoms with Crippen molar-refractivity contribution < 1.29 is 198 Å². The molecule has 14 bridgehead atoms. The molecule has 21 aliphatic heterocycles. The molecule has 21 saturated heterocycles. The van der Waals surface area contributed by atoms with Crippen LogP contribution in [0.2, 0.25) is 0 Å². The van der Waals surface area contributed by atoms with Gasteiger partial charge in [-0.2, -0.15) is 0 Å². The molecule has 29 N–H and O–H groups in total. The molecule has 0 aromatic carbocycles. The highest BCUT2D eigenvalue weighted by molar-refractivity contribution is 5.69. The van der Waals surface area contributed by atoms with Crippen molar-refractivity contribution in [2.24, 2.45) is 22.9 Å². The van der Waals surface area contributed by atoms with Crippen molar-refractivity contribution in [3.63, 3.8) is 0 Å². The second-order valence-corrected chi connectivity index (χ2v) is 21.0. The van der Waals surface area contributed by atoms with Crippen molar-refractivity contribution in [3.8, 4) is 0 Å². The molecule has 0 radical (unpaired) electrons. The lowest BCUT2D eigenvalue weighted by Crippen LogP contribution is -3.00. The van der Waals surface area contributed by atoms with Gasteiger partial charge in [-0.25, -0.2) is 0 Å². The molecule has 85 heavy (non-hydrogen) atoms. The van der Waals surface area contributed by atoms with Crippen LogP contribution >= 0.6 is 0 Å². The summed E-state index contributed by atoms with van der Waals surface area (Å²) in [6.07, 6.45) is -69.9. The van der Waals surface area contributed by atoms with Gasteiger partial charge in [0.15, 0.2) is 44.0 Å². The summed E-state index contributed by atoms with van der Waals surface area (Å²) in [5, 5.41) is 213. The minimum absolute atomic E-state index is 0. The van der Waals surface area contributed by atoms with Gasteiger partial charge in [-0.05, 0) is 0 Å². The summed E-state index contributed by atoms with van der Waals surface area (Å²) in [5.41, 5.74) is 22.5. The summed E-state index contributed by atoms with van der Waals surface area (Å²) >= 11 is 0. The first kappa shape index (κ1) is 71.9. The highest BCUT2D eigenvalue weighted by Crippen LogP contribution is 2.39. The number of aliphatic hydroxyl groups excluding tert-OH is 19. The standard InChI is InChI=1S/C44H76N6O33.2ClH/c45-43(46)49-1-8-29-16(57)23(64)37(71-8)80-32-11(4-52)75-41(27(68)20(32)61)83-35-14(7-55)76-42(28(69)21(35)62)82-34-13(6-54)73-39(25(66)18(34)59)78-30-9(2-50-44(47)48)70-36(22(63)15(30)56)79-31-10(3-51)74-40(26(67)19(31)60)81-33-12(5-53)72-38(77-29)24(65)17(33)58;;/h8-42,51-69H,1-7H2,(H4,45,46,49)(H4,47,48,50);2*1H/t8-,9-,10-,11-,12-,13-,14-,15-,16-,17-,18-,19-,20-,21-,22-,23-,24-,25-,26-,27-,28-,29-,30-,31-,32-,33-,34-,35-,36-,37-,38-,39-,40-,41-,42-;;/m1../s1. The fourth-order valence-corrected chi connectivity index (χ4v) is 10.9. The summed E-state index contributed by atoms with van der Waals surface area (Å²) in [4.78, 5) is 5.03. The number of ether oxygens (including phenoxy) is 14. The third kappa shape index (κ3) is 15.1. The monoisotopic (exact) mass is 1290 g/mol. The molecular weight excluding hydrogens is 1210 g/mol. The van der Waals surface area contributed by atoms with Crippen molar-refractivity contribution in [1.29, 1.82) is 0 Å². The Hall–Kier alpha value is -2.20. The normalized spacial score (nSPS) is 50.8. The first-order chi connectivity index (χ1) is 39.4. The molecule has 41 heteroatoms. The zero-order valence-corrected chi connectivity index (χ0v) is 45.9. The van der Waals surface area contributed by atoms with Gasteiger partial charge in [-0.1, -0.05) is 0 Å². The van der Waals surface area contributed by atoms with Crippen molar-refractivity contribution in [3.05, 3.63) is 0 Å². The summed E-state index contributed by atoms with van der Waals surface area (Å²) in [6.45, 7) is -6.26. The van der Waals surface area contributed by atoms with E-state index in [0.29, 0.717) is 0 Å². The number of hydrogen-bond acceptors (Lipinski definition) is 33. The largest absolute Gasteiger partial charge is 1.00 e. The molecule has 0 aromatic heterocycles. The third-order valence-corrected chi connectivity index (χ3v) is 15.4. The lowest BCUT2D eigenvalue weighted by atomic mass is 9.95. The Bertz CT molecular complexity index is 2100. The van der Waals surface area contributed by atoms with Crippen LogP contribution in [0.1, 0.15) is 0 Å². The zero-order valence-electron chi connectivity index (χ0n) is 44.4. The molecule has 0 unspecified atom stereocenters. The van der Waals surface area contributed by atoms with E-state index in [-0.39, 0.29) is 24.8 Å². The van der Waals surface area contributed by atoms with Crippen LogP contribution in [-0.4, -0.2) is 370 Å². The van der Waals surface area contributed by atoms with Gasteiger partial charge in [0.2, 0.25) is 0 Å². The maximum atomic E-state index is 11.6. The van der Waals surface area contributed by atoms with Crippen LogP contribution < -0.4 is 57.7 Å². The molecule has 0 spiro atoms. The Morgan fingerprint density at radius 2 is 0.376 bits per heavy atom. The van der Waals surface area contributed by atoms with E-state index in [1.54, 1.807) is 0 Å². The Labute approximate surface area is 493 Å². The SMILES string of the molecule is NC(N)=[NH+]C[C@H]1O[C@@H]2O[C@H]3[C@H](O)[C@@H](O)[C@@H](O[C@H]4[C@H](O)[C@@H](O)[C@@H](O[C@H]5[C@H](O)[C@@H](O)[C@@H](O[C@H]6[C@H](O)[C@@H](O)[C@@H](O[C@H]7[C@H](O)[C@@H](O)[C@@H](O[C@H]8[C@H](O)[C@@H](O)[C@@H](O[C@H]1[C@H](O)[C@H]2O)O[C@@H]8CO)O[C@@H]7CO)O[C@@H]6CO)O[C@@H]5C[NH+]=C(N)N)O[C@@H]4CO)O[C@@H]3CO.[Cl-].[Cl-]. The zero-order chi connectivity index (χ0) is 60.6. The van der Waals surface area contributed by atoms with Gasteiger partial charge in [0.05, 0.1) is 46.1 Å². The van der Waals surface area contributed by atoms with E-state index in [1.165, 1.54) is 0 Å². The number of nitrogens with one attached hydrogen (secondary N) is 2. The van der Waals surface area contributed by atoms with Crippen LogP contribution in [0.15, 0.2) is 0 Å². The van der Waals surface area contributed by atoms with Crippen molar-refractivity contribution in [2.45, 2.75) is 215 Å². The maximum Gasteiger partial charge on any atom is 0.338 e. The quantitative estimate of drug-likeness (QED) is 0.0753. The summed E-state index contributed by atoms with van der Waals surface area (Å²) in [7, 11) is 0. The minimum Gasteiger partial charge on any atom is -1.00 e. The van der Waals surface area contributed by atoms with Crippen molar-refractivity contribution in [2.75, 3.05) is 46.1 Å². The van der Waals surface area contributed by atoms with E-state index in [4.69, 9.17) is 89.3 Å². The second-order valence-electron chi connectivity index (χ2n) is 21.0. The van der Waals surface area contributed by atoms with Gasteiger partial charge in [0.1, 0.15) is 171 Å². The van der Waals surface area contributed by atoms with E-state index in [0.717, 1.165) is 0 Å². The summed E-state index contributed by atoms with van der Waals surface area (Å²) in [6, 6.07) is 0. The van der Waals surface area contributed by atoms with Gasteiger partial charge in [-0.3, -0.25) is 32.9 Å². The number of hydrogen-bond donors (Lipinski definition) is 25. The highest BCUT2D eigenvalue weighted by atomic mass is 35.5. The molecule has 0 saturated carbocycles. The van der Waals surface area contributed by atoms with Crippen molar-refractivity contribution >= 4 is 11.9 Å². The average molecular weight is 1290 g/mol. The molecule has 21 aliphatic rings. The number of halogens is 2. The number of aliphatic hydroxyl groups is 19. The third-order valence-electron chi connectivity index (χ3n) is 15.4. The predicted octanol–water partition coefficient (Wildman–Crippen LogP) is -26.5. The minimum atomic E-state index is -2.22. The Morgan fingerprint density at radius 1 is 0.235 bits per heavy atom. The number of guanidine groups is 2. The number of rotatable bonds is 9. The molecule has 0 amide bonds. The maximum absolute atomic E-state index is 11.6. The van der Waals surface area contributed by atoms with E-state index < -0.39 is 273 Å². The van der Waals surface area contributed by atoms with E-state index in [9.17, 15) is 97.0 Å². The lowest BCUT2D eigenvalue weighted by Gasteiger charge is -2.50. The molecular formula is C44H78Cl2N6O33. The lowest BCUT2D eigenvalue weighted by molar-refractivity contribution is -0.491. The molecule has 39 nitrogen and oxygen atoms in total. The van der Waals surface area contributed by atoms with E-state index in [2.05, 4.69) is 9.98 Å². The Balaban J connectivity index is 0.00000579. The summed E-state index contributed by atoms with van der Waals surface area (Å²) in [5.74, 6) is -0.835. The fraction of sp³-hybridized carbons (Fsp3) is 0.955. The van der Waals surface area contributed by atoms with Crippen LogP contribution in [0.4, 0.5) is 0 Å². The molecule has 21 fully saturated rings. The van der Waals surface area contributed by atoms with E-state index in [1.807, 2.05) is 0 Å². The van der Waals surface area contributed by atoms with Gasteiger partial charge in [0, 0.05) is 0 Å². The topological polar surface area (TPSA) is 646 Å². The van der Waals surface area contributed by atoms with Crippen LogP contribution in [0.5, 0.6) is 0 Å². The van der Waals surface area contributed by atoms with E-state index >= 15 is 0 Å². The molecule has 0 aromatic rings. The highest BCUT2D eigenvalue weighted by Gasteiger charge is 2.59. The molecule has 496 valence electrons. The van der Waals surface area contributed by atoms with Gasteiger partial charge >= 0.3 is 11.9 Å². The Kier molecular flexibility index (Phi) is 26.0. The summed E-state index contributed by atoms with van der Waals surface area (Å²) < 4.78 is 81.3. The fourth-order valence-electron chi connectivity index (χ4n) is 10.9. The average Bonchev–Trinajstić information content (AvgIpc) is 3.66. The smallest absolute Gasteiger partial charge is 0.338 e. The van der Waals surface area contributed by atoms with Crippen LogP contribution in [0.25, 0.3) is 0 Å². The molecule has 35 atom stereocenters. The predicted molar refractivity (Wildman–Crippen MR) is 253 cm³/mol. The van der Waals surface area contributed by atoms with Crippen molar-refractivity contribution in [1.82, 2.24) is 0 Å². The molecule has 21 rings (SSSR count). The molecule has 0 aliphatic carbocycles. The van der Waals surface area contributed by atoms with Crippen LogP contribution in [-0.2, 0) is 66.3 Å².